The number of aliphatic hydroxyl groups excluding tert-OH is 1. The Bertz CT molecular complexity index is 558. The average molecular weight is 304 g/mol. The van der Waals surface area contributed by atoms with Crippen LogP contribution in [0.1, 0.15) is 43.2 Å². The molecule has 0 saturated heterocycles. The number of hydrogen-bond acceptors (Lipinski definition) is 3. The molecule has 1 N–H and O–H groups in total. The standard InChI is InChI=1S/C14H15F3O2S/c1-13(5-6-13)19-7-3-4-8(20-2)10-9(7)11(15)14(16,17)12(10)18/h3-4,11-12,18H,5-6H2,1-2H3. The van der Waals surface area contributed by atoms with Crippen LogP contribution in [0.3, 0.4) is 0 Å². The van der Waals surface area contributed by atoms with Crippen LogP contribution in [0.15, 0.2) is 17.0 Å². The van der Waals surface area contributed by atoms with Crippen LogP contribution < -0.4 is 4.74 Å². The van der Waals surface area contributed by atoms with Crippen molar-refractivity contribution in [3.63, 3.8) is 0 Å². The van der Waals surface area contributed by atoms with E-state index < -0.39 is 23.8 Å². The minimum absolute atomic E-state index is 0.0308. The zero-order chi connectivity index (χ0) is 14.7. The Labute approximate surface area is 119 Å². The topological polar surface area (TPSA) is 29.5 Å². The lowest BCUT2D eigenvalue weighted by Crippen LogP contribution is -2.24. The third-order valence-electron chi connectivity index (χ3n) is 3.97. The van der Waals surface area contributed by atoms with E-state index in [2.05, 4.69) is 0 Å². The predicted octanol–water partition coefficient (Wildman–Crippen LogP) is 4.03. The van der Waals surface area contributed by atoms with Gasteiger partial charge in [0.2, 0.25) is 0 Å². The molecule has 110 valence electrons. The van der Waals surface area contributed by atoms with Gasteiger partial charge in [0.05, 0.1) is 0 Å². The summed E-state index contributed by atoms with van der Waals surface area (Å²) in [7, 11) is 0. The van der Waals surface area contributed by atoms with E-state index in [0.717, 1.165) is 12.8 Å². The van der Waals surface area contributed by atoms with Crippen LogP contribution in [0.4, 0.5) is 13.2 Å². The zero-order valence-corrected chi connectivity index (χ0v) is 11.9. The smallest absolute Gasteiger partial charge is 0.312 e. The van der Waals surface area contributed by atoms with Crippen molar-refractivity contribution in [2.45, 2.75) is 48.5 Å². The molecule has 0 amide bonds. The quantitative estimate of drug-likeness (QED) is 0.855. The summed E-state index contributed by atoms with van der Waals surface area (Å²) in [6.07, 6.45) is -1.30. The molecule has 1 saturated carbocycles. The van der Waals surface area contributed by atoms with Crippen LogP contribution in [-0.4, -0.2) is 22.9 Å². The van der Waals surface area contributed by atoms with Gasteiger partial charge in [0.15, 0.2) is 6.17 Å². The molecule has 0 bridgehead atoms. The molecule has 2 aliphatic rings. The Morgan fingerprint density at radius 2 is 1.95 bits per heavy atom. The number of aliphatic hydroxyl groups is 1. The molecular weight excluding hydrogens is 289 g/mol. The second kappa shape index (κ2) is 4.31. The first-order valence-electron chi connectivity index (χ1n) is 6.40. The van der Waals surface area contributed by atoms with Gasteiger partial charge in [-0.3, -0.25) is 0 Å². The molecule has 2 nitrogen and oxygen atoms in total. The van der Waals surface area contributed by atoms with E-state index in [-0.39, 0.29) is 16.9 Å². The molecule has 20 heavy (non-hydrogen) atoms. The fourth-order valence-corrected chi connectivity index (χ4v) is 3.12. The van der Waals surface area contributed by atoms with Crippen molar-refractivity contribution in [2.75, 3.05) is 6.26 Å². The summed E-state index contributed by atoms with van der Waals surface area (Å²) >= 11 is 1.21. The molecule has 2 unspecified atom stereocenters. The van der Waals surface area contributed by atoms with Crippen molar-refractivity contribution in [2.24, 2.45) is 0 Å². The molecular formula is C14H15F3O2S. The van der Waals surface area contributed by atoms with Crippen LogP contribution in [0.25, 0.3) is 0 Å². The van der Waals surface area contributed by atoms with Crippen LogP contribution in [0.2, 0.25) is 0 Å². The largest absolute Gasteiger partial charge is 0.487 e. The van der Waals surface area contributed by atoms with Crippen LogP contribution >= 0.6 is 11.8 Å². The maximum Gasteiger partial charge on any atom is 0.312 e. The molecule has 6 heteroatoms. The van der Waals surface area contributed by atoms with E-state index in [1.807, 2.05) is 6.92 Å². The molecule has 2 atom stereocenters. The number of thioether (sulfide) groups is 1. The third-order valence-corrected chi connectivity index (χ3v) is 4.76. The average Bonchev–Trinajstić information content (AvgIpc) is 3.09. The van der Waals surface area contributed by atoms with E-state index in [4.69, 9.17) is 4.74 Å². The monoisotopic (exact) mass is 304 g/mol. The van der Waals surface area contributed by atoms with Gasteiger partial charge >= 0.3 is 5.92 Å². The van der Waals surface area contributed by atoms with Gasteiger partial charge in [-0.15, -0.1) is 11.8 Å². The van der Waals surface area contributed by atoms with E-state index in [1.165, 1.54) is 17.8 Å². The Balaban J connectivity index is 2.13. The van der Waals surface area contributed by atoms with E-state index >= 15 is 0 Å². The molecule has 0 aliphatic heterocycles. The number of halogens is 3. The predicted molar refractivity (Wildman–Crippen MR) is 70.2 cm³/mol. The fourth-order valence-electron chi connectivity index (χ4n) is 2.47. The molecule has 3 rings (SSSR count). The number of benzene rings is 1. The summed E-state index contributed by atoms with van der Waals surface area (Å²) in [4.78, 5) is 0.459. The van der Waals surface area contributed by atoms with Crippen molar-refractivity contribution in [3.05, 3.63) is 23.3 Å². The summed E-state index contributed by atoms with van der Waals surface area (Å²) in [6.45, 7) is 1.86. The SMILES string of the molecule is CSc1ccc(OC2(C)CC2)c2c1C(O)C(F)(F)C2F. The van der Waals surface area contributed by atoms with Gasteiger partial charge in [-0.2, -0.15) is 8.78 Å². The lowest BCUT2D eigenvalue weighted by atomic mass is 10.1. The number of hydrogen-bond donors (Lipinski definition) is 1. The van der Waals surface area contributed by atoms with Gasteiger partial charge in [0.1, 0.15) is 17.5 Å². The number of fused-ring (bicyclic) bond motifs is 1. The Kier molecular flexibility index (Phi) is 3.03. The Morgan fingerprint density at radius 3 is 2.50 bits per heavy atom. The number of ether oxygens (including phenoxy) is 1. The highest BCUT2D eigenvalue weighted by Gasteiger charge is 2.58. The molecule has 0 aromatic heterocycles. The Hall–Kier alpha value is -0.880. The third kappa shape index (κ3) is 1.92. The molecule has 0 heterocycles. The minimum Gasteiger partial charge on any atom is -0.487 e. The van der Waals surface area contributed by atoms with Gasteiger partial charge < -0.3 is 9.84 Å². The van der Waals surface area contributed by atoms with Crippen molar-refractivity contribution in [3.8, 4) is 5.75 Å². The number of rotatable bonds is 3. The second-order valence-corrected chi connectivity index (χ2v) is 6.43. The first-order valence-corrected chi connectivity index (χ1v) is 7.62. The first kappa shape index (κ1) is 14.1. The molecule has 1 aromatic rings. The van der Waals surface area contributed by atoms with Crippen LogP contribution in [0.5, 0.6) is 5.75 Å². The van der Waals surface area contributed by atoms with E-state index in [0.29, 0.717) is 4.90 Å². The molecule has 2 aliphatic carbocycles. The van der Waals surface area contributed by atoms with Crippen molar-refractivity contribution in [1.82, 2.24) is 0 Å². The first-order chi connectivity index (χ1) is 9.30. The van der Waals surface area contributed by atoms with Crippen LogP contribution in [-0.2, 0) is 0 Å². The minimum atomic E-state index is -3.81. The maximum absolute atomic E-state index is 14.1. The van der Waals surface area contributed by atoms with Gasteiger partial charge in [0, 0.05) is 16.0 Å². The highest BCUT2D eigenvalue weighted by molar-refractivity contribution is 7.98. The molecule has 0 spiro atoms. The van der Waals surface area contributed by atoms with Crippen molar-refractivity contribution < 1.29 is 23.0 Å². The molecule has 1 fully saturated rings. The summed E-state index contributed by atoms with van der Waals surface area (Å²) in [5.74, 6) is -3.68. The second-order valence-electron chi connectivity index (χ2n) is 5.58. The van der Waals surface area contributed by atoms with Gasteiger partial charge in [-0.1, -0.05) is 0 Å². The van der Waals surface area contributed by atoms with E-state index in [1.54, 1.807) is 12.3 Å². The van der Waals surface area contributed by atoms with Gasteiger partial charge in [0.25, 0.3) is 0 Å². The summed E-state index contributed by atoms with van der Waals surface area (Å²) in [6, 6.07) is 3.12. The number of alkyl halides is 3. The molecule has 1 aromatic carbocycles. The highest BCUT2D eigenvalue weighted by atomic mass is 32.2. The lowest BCUT2D eigenvalue weighted by Gasteiger charge is -2.18. The van der Waals surface area contributed by atoms with Crippen molar-refractivity contribution in [1.29, 1.82) is 0 Å². The summed E-state index contributed by atoms with van der Waals surface area (Å²) in [5.41, 5.74) is -0.615. The van der Waals surface area contributed by atoms with Gasteiger partial charge in [-0.05, 0) is 38.2 Å². The summed E-state index contributed by atoms with van der Waals surface area (Å²) in [5, 5.41) is 9.77. The Morgan fingerprint density at radius 1 is 1.30 bits per heavy atom. The highest BCUT2D eigenvalue weighted by Crippen LogP contribution is 2.58. The van der Waals surface area contributed by atoms with Crippen LogP contribution in [0, 0.1) is 0 Å². The van der Waals surface area contributed by atoms with Crippen molar-refractivity contribution >= 4 is 11.8 Å². The maximum atomic E-state index is 14.1. The zero-order valence-electron chi connectivity index (χ0n) is 11.1. The van der Waals surface area contributed by atoms with Gasteiger partial charge in [-0.25, -0.2) is 4.39 Å². The normalized spacial score (nSPS) is 29.1. The lowest BCUT2D eigenvalue weighted by molar-refractivity contribution is -0.144. The molecule has 0 radical (unpaired) electrons. The summed E-state index contributed by atoms with van der Waals surface area (Å²) < 4.78 is 47.3. The van der Waals surface area contributed by atoms with E-state index in [9.17, 15) is 18.3 Å². The fraction of sp³-hybridized carbons (Fsp3) is 0.571.